The molecule has 128 valence electrons. The molecule has 0 aliphatic carbocycles. The van der Waals surface area contributed by atoms with Crippen LogP contribution in [0.4, 0.5) is 5.69 Å². The Morgan fingerprint density at radius 2 is 1.92 bits per heavy atom. The summed E-state index contributed by atoms with van der Waals surface area (Å²) in [5.74, 6) is 0.449. The molecule has 1 amide bonds. The molecule has 3 aromatic rings. The Kier molecular flexibility index (Phi) is 5.63. The van der Waals surface area contributed by atoms with Crippen LogP contribution in [-0.4, -0.2) is 5.91 Å². The van der Waals surface area contributed by atoms with E-state index in [1.807, 2.05) is 48.7 Å². The van der Waals surface area contributed by atoms with E-state index in [0.29, 0.717) is 33.0 Å². The number of benzene rings is 2. The van der Waals surface area contributed by atoms with Crippen LogP contribution in [0.3, 0.4) is 0 Å². The lowest BCUT2D eigenvalue weighted by Gasteiger charge is -2.06. The Labute approximate surface area is 160 Å². The van der Waals surface area contributed by atoms with E-state index in [1.54, 1.807) is 12.1 Å². The molecule has 1 heterocycles. The molecule has 0 saturated carbocycles. The van der Waals surface area contributed by atoms with E-state index in [4.69, 9.17) is 27.9 Å². The normalized spacial score (nSPS) is 10.5. The monoisotopic (exact) mass is 391 g/mol. The molecule has 1 N–H and O–H groups in total. The molecule has 3 rings (SSSR count). The van der Waals surface area contributed by atoms with Gasteiger partial charge in [-0.2, -0.15) is 0 Å². The predicted molar refractivity (Wildman–Crippen MR) is 104 cm³/mol. The van der Waals surface area contributed by atoms with Crippen molar-refractivity contribution in [1.29, 1.82) is 0 Å². The van der Waals surface area contributed by atoms with Gasteiger partial charge < -0.3 is 10.1 Å². The molecular weight excluding hydrogens is 377 g/mol. The molecule has 0 aliphatic heterocycles. The minimum Gasteiger partial charge on any atom is -0.487 e. The molecule has 0 spiro atoms. The van der Waals surface area contributed by atoms with Gasteiger partial charge in [-0.05, 0) is 48.2 Å². The van der Waals surface area contributed by atoms with Crippen LogP contribution < -0.4 is 10.1 Å². The molecule has 0 fully saturated rings. The van der Waals surface area contributed by atoms with Crippen LogP contribution in [0.5, 0.6) is 5.75 Å². The number of carbonyl (C=O) groups excluding carboxylic acids is 1. The maximum atomic E-state index is 12.3. The van der Waals surface area contributed by atoms with E-state index in [1.165, 1.54) is 11.3 Å². The van der Waals surface area contributed by atoms with E-state index in [0.717, 1.165) is 11.1 Å². The van der Waals surface area contributed by atoms with Crippen molar-refractivity contribution >= 4 is 46.1 Å². The molecule has 25 heavy (non-hydrogen) atoms. The van der Waals surface area contributed by atoms with Crippen LogP contribution in [0, 0.1) is 6.92 Å². The van der Waals surface area contributed by atoms with Crippen LogP contribution in [0.15, 0.2) is 53.9 Å². The maximum Gasteiger partial charge on any atom is 0.265 e. The van der Waals surface area contributed by atoms with Gasteiger partial charge in [0.05, 0.1) is 9.90 Å². The zero-order chi connectivity index (χ0) is 17.8. The second-order valence-electron chi connectivity index (χ2n) is 5.46. The second-order valence-corrected chi connectivity index (χ2v) is 7.18. The molecule has 0 bridgehead atoms. The molecule has 3 nitrogen and oxygen atoms in total. The Morgan fingerprint density at radius 1 is 1.12 bits per heavy atom. The summed E-state index contributed by atoms with van der Waals surface area (Å²) < 4.78 is 5.69. The summed E-state index contributed by atoms with van der Waals surface area (Å²) in [6, 6.07) is 14.5. The predicted octanol–water partition coefficient (Wildman–Crippen LogP) is 6.19. The fourth-order valence-electron chi connectivity index (χ4n) is 2.16. The topological polar surface area (TPSA) is 38.3 Å². The number of aryl methyl sites for hydroxylation is 1. The first-order valence-electron chi connectivity index (χ1n) is 7.55. The van der Waals surface area contributed by atoms with E-state index >= 15 is 0 Å². The Balaban J connectivity index is 1.63. The largest absolute Gasteiger partial charge is 0.487 e. The molecule has 1 aromatic heterocycles. The van der Waals surface area contributed by atoms with Gasteiger partial charge in [0.1, 0.15) is 12.4 Å². The average Bonchev–Trinajstić information content (AvgIpc) is 3.07. The smallest absolute Gasteiger partial charge is 0.265 e. The van der Waals surface area contributed by atoms with Gasteiger partial charge in [-0.3, -0.25) is 4.79 Å². The number of anilines is 1. The molecule has 0 radical (unpaired) electrons. The van der Waals surface area contributed by atoms with Crippen molar-refractivity contribution in [2.75, 3.05) is 5.32 Å². The molecule has 2 aromatic carbocycles. The van der Waals surface area contributed by atoms with Crippen molar-refractivity contribution in [2.45, 2.75) is 13.5 Å². The highest BCUT2D eigenvalue weighted by Gasteiger charge is 2.11. The highest BCUT2D eigenvalue weighted by Crippen LogP contribution is 2.26. The first-order valence-corrected chi connectivity index (χ1v) is 9.19. The lowest BCUT2D eigenvalue weighted by atomic mass is 10.2. The van der Waals surface area contributed by atoms with Gasteiger partial charge in [0.2, 0.25) is 0 Å². The number of ether oxygens (including phenoxy) is 1. The van der Waals surface area contributed by atoms with Crippen molar-refractivity contribution in [3.63, 3.8) is 0 Å². The second kappa shape index (κ2) is 7.91. The Morgan fingerprint density at radius 3 is 2.68 bits per heavy atom. The SMILES string of the molecule is Cc1ccc(NC(=O)c2cc(COc3ccccc3Cl)cs2)cc1Cl. The lowest BCUT2D eigenvalue weighted by molar-refractivity contribution is 0.103. The molecular formula is C19H15Cl2NO2S. The fourth-order valence-corrected chi connectivity index (χ4v) is 3.32. The number of thiophene rings is 1. The van der Waals surface area contributed by atoms with Crippen LogP contribution in [0.25, 0.3) is 0 Å². The van der Waals surface area contributed by atoms with Crippen molar-refractivity contribution in [1.82, 2.24) is 0 Å². The summed E-state index contributed by atoms with van der Waals surface area (Å²) in [5, 5.41) is 5.93. The minimum atomic E-state index is -0.172. The van der Waals surface area contributed by atoms with E-state index in [9.17, 15) is 4.79 Å². The van der Waals surface area contributed by atoms with Gasteiger partial charge in [0, 0.05) is 16.3 Å². The Bertz CT molecular complexity index is 908. The minimum absolute atomic E-state index is 0.172. The van der Waals surface area contributed by atoms with Crippen LogP contribution in [0.1, 0.15) is 20.8 Å². The third-order valence-corrected chi connectivity index (χ3v) is 5.24. The summed E-state index contributed by atoms with van der Waals surface area (Å²) in [7, 11) is 0. The number of halogens is 2. The number of para-hydroxylation sites is 1. The third-order valence-electron chi connectivity index (χ3n) is 3.54. The Hall–Kier alpha value is -2.01. The molecule has 6 heteroatoms. The van der Waals surface area contributed by atoms with Gasteiger partial charge >= 0.3 is 0 Å². The van der Waals surface area contributed by atoms with E-state index < -0.39 is 0 Å². The highest BCUT2D eigenvalue weighted by atomic mass is 35.5. The highest BCUT2D eigenvalue weighted by molar-refractivity contribution is 7.12. The number of amides is 1. The number of hydrogen-bond acceptors (Lipinski definition) is 3. The number of rotatable bonds is 5. The number of carbonyl (C=O) groups is 1. The summed E-state index contributed by atoms with van der Waals surface area (Å²) in [5.41, 5.74) is 2.55. The summed E-state index contributed by atoms with van der Waals surface area (Å²) in [4.78, 5) is 13.0. The van der Waals surface area contributed by atoms with Crippen molar-refractivity contribution in [2.24, 2.45) is 0 Å². The summed E-state index contributed by atoms with van der Waals surface area (Å²) >= 11 is 13.5. The van der Waals surface area contributed by atoms with Crippen molar-refractivity contribution < 1.29 is 9.53 Å². The van der Waals surface area contributed by atoms with Crippen LogP contribution in [0.2, 0.25) is 10.0 Å². The third kappa shape index (κ3) is 4.54. The zero-order valence-electron chi connectivity index (χ0n) is 13.4. The first-order chi connectivity index (χ1) is 12.0. The summed E-state index contributed by atoms with van der Waals surface area (Å²) in [6.07, 6.45) is 0. The standard InChI is InChI=1S/C19H15Cl2NO2S/c1-12-6-7-14(9-16(12)21)22-19(23)18-8-13(11-25-18)10-24-17-5-3-2-4-15(17)20/h2-9,11H,10H2,1H3,(H,22,23). The number of nitrogens with one attached hydrogen (secondary N) is 1. The van der Waals surface area contributed by atoms with E-state index in [-0.39, 0.29) is 5.91 Å². The van der Waals surface area contributed by atoms with Gasteiger partial charge in [-0.15, -0.1) is 11.3 Å². The molecule has 0 atom stereocenters. The first kappa shape index (κ1) is 17.8. The zero-order valence-corrected chi connectivity index (χ0v) is 15.7. The summed E-state index contributed by atoms with van der Waals surface area (Å²) in [6.45, 7) is 2.27. The number of hydrogen-bond donors (Lipinski definition) is 1. The lowest BCUT2D eigenvalue weighted by Crippen LogP contribution is -2.10. The molecule has 0 unspecified atom stereocenters. The van der Waals surface area contributed by atoms with Crippen LogP contribution >= 0.6 is 34.5 Å². The van der Waals surface area contributed by atoms with Gasteiger partial charge in [0.15, 0.2) is 0 Å². The quantitative estimate of drug-likeness (QED) is 0.562. The average molecular weight is 392 g/mol. The molecule has 0 aliphatic rings. The van der Waals surface area contributed by atoms with Crippen molar-refractivity contribution in [3.05, 3.63) is 80.0 Å². The molecule has 0 saturated heterocycles. The van der Waals surface area contributed by atoms with Gasteiger partial charge in [-0.1, -0.05) is 41.4 Å². The van der Waals surface area contributed by atoms with Crippen molar-refractivity contribution in [3.8, 4) is 5.75 Å². The maximum absolute atomic E-state index is 12.3. The van der Waals surface area contributed by atoms with Gasteiger partial charge in [-0.25, -0.2) is 0 Å². The fraction of sp³-hybridized carbons (Fsp3) is 0.105. The van der Waals surface area contributed by atoms with Crippen LogP contribution in [-0.2, 0) is 6.61 Å². The van der Waals surface area contributed by atoms with E-state index in [2.05, 4.69) is 5.32 Å². The van der Waals surface area contributed by atoms with Gasteiger partial charge in [0.25, 0.3) is 5.91 Å².